The topological polar surface area (TPSA) is 61.8 Å². The molecule has 0 saturated carbocycles. The Morgan fingerprint density at radius 2 is 2.17 bits per heavy atom. The first kappa shape index (κ1) is 18.4. The van der Waals surface area contributed by atoms with Gasteiger partial charge >= 0.3 is 0 Å². The van der Waals surface area contributed by atoms with Gasteiger partial charge in [0.15, 0.2) is 0 Å². The van der Waals surface area contributed by atoms with E-state index >= 15 is 0 Å². The van der Waals surface area contributed by atoms with Gasteiger partial charge < -0.3 is 20.1 Å². The average molecular weight is 336 g/mol. The molecular weight excluding hydrogens is 311 g/mol. The summed E-state index contributed by atoms with van der Waals surface area (Å²) < 4.78 is 19.3. The van der Waals surface area contributed by atoms with Crippen LogP contribution in [0.1, 0.15) is 38.4 Å². The Hall–Kier alpha value is -1.92. The second kappa shape index (κ2) is 8.26. The maximum atomic E-state index is 14.3. The van der Waals surface area contributed by atoms with Gasteiger partial charge in [-0.15, -0.1) is 0 Å². The summed E-state index contributed by atoms with van der Waals surface area (Å²) in [5.41, 5.74) is 0.982. The molecule has 0 aromatic heterocycles. The molecule has 132 valence electrons. The smallest absolute Gasteiger partial charge is 0.251 e. The Morgan fingerprint density at radius 3 is 2.83 bits per heavy atom. The number of hydrogen-bond donors (Lipinski definition) is 2. The zero-order valence-electron chi connectivity index (χ0n) is 14.4. The van der Waals surface area contributed by atoms with Gasteiger partial charge in [-0.1, -0.05) is 12.1 Å². The molecule has 2 N–H and O–H groups in total. The van der Waals surface area contributed by atoms with E-state index < -0.39 is 11.9 Å². The lowest BCUT2D eigenvalue weighted by Crippen LogP contribution is -2.37. The molecule has 1 unspecified atom stereocenters. The molecule has 1 aliphatic heterocycles. The third-order valence-corrected chi connectivity index (χ3v) is 3.87. The number of ether oxygens (including phenoxy) is 1. The van der Waals surface area contributed by atoms with Crippen LogP contribution in [-0.2, 0) is 9.53 Å². The fraction of sp³-hybridized carbons (Fsp3) is 0.500. The van der Waals surface area contributed by atoms with Gasteiger partial charge in [-0.05, 0) is 32.8 Å². The molecule has 1 amide bonds. The van der Waals surface area contributed by atoms with E-state index in [4.69, 9.17) is 4.74 Å². The Balaban J connectivity index is 2.30. The molecule has 1 aromatic carbocycles. The predicted molar refractivity (Wildman–Crippen MR) is 91.2 cm³/mol. The Kier molecular flexibility index (Phi) is 6.34. The van der Waals surface area contributed by atoms with E-state index in [1.54, 1.807) is 30.3 Å². The molecule has 6 heteroatoms. The minimum atomic E-state index is -1.13. The van der Waals surface area contributed by atoms with Crippen molar-refractivity contribution in [2.75, 3.05) is 25.2 Å². The van der Waals surface area contributed by atoms with Gasteiger partial charge in [-0.3, -0.25) is 4.79 Å². The normalized spacial score (nSPS) is 16.8. The maximum absolute atomic E-state index is 14.3. The van der Waals surface area contributed by atoms with Crippen molar-refractivity contribution in [2.45, 2.75) is 38.8 Å². The number of aliphatic hydroxyl groups excluding tert-OH is 1. The fourth-order valence-electron chi connectivity index (χ4n) is 2.76. The number of fused-ring (bicyclic) bond motifs is 1. The van der Waals surface area contributed by atoms with Crippen LogP contribution in [0.15, 0.2) is 30.0 Å². The third-order valence-electron chi connectivity index (χ3n) is 3.87. The number of para-hydroxylation sites is 1. The van der Waals surface area contributed by atoms with E-state index in [1.165, 1.54) is 6.07 Å². The second-order valence-electron chi connectivity index (χ2n) is 6.19. The minimum absolute atomic E-state index is 0.0466. The van der Waals surface area contributed by atoms with Crippen molar-refractivity contribution in [3.8, 4) is 0 Å². The maximum Gasteiger partial charge on any atom is 0.251 e. The first-order chi connectivity index (χ1) is 11.5. The second-order valence-corrected chi connectivity index (χ2v) is 6.19. The van der Waals surface area contributed by atoms with Crippen molar-refractivity contribution < 1.29 is 19.0 Å². The standard InChI is InChI=1S/C18H25FN2O3/c1-12(2)20-18(23)14-11-21(9-4-5-10-24-3)16-13(17(14)22)7-6-8-15(16)19/h6-8,11-12,17,22H,4-5,9-10H2,1-3H3,(H,20,23). The predicted octanol–water partition coefficient (Wildman–Crippen LogP) is 2.51. The lowest BCUT2D eigenvalue weighted by atomic mass is 9.95. The molecule has 1 heterocycles. The van der Waals surface area contributed by atoms with E-state index in [0.717, 1.165) is 12.8 Å². The fourth-order valence-corrected chi connectivity index (χ4v) is 2.76. The number of benzene rings is 1. The molecule has 2 rings (SSSR count). The van der Waals surface area contributed by atoms with Gasteiger partial charge in [-0.25, -0.2) is 4.39 Å². The van der Waals surface area contributed by atoms with Gasteiger partial charge in [0.2, 0.25) is 0 Å². The Bertz CT molecular complexity index is 616. The highest BCUT2D eigenvalue weighted by molar-refractivity contribution is 5.96. The Morgan fingerprint density at radius 1 is 1.42 bits per heavy atom. The monoisotopic (exact) mass is 336 g/mol. The SMILES string of the molecule is COCCCCN1C=C(C(=O)NC(C)C)C(O)c2cccc(F)c21. The highest BCUT2D eigenvalue weighted by atomic mass is 19.1. The summed E-state index contributed by atoms with van der Waals surface area (Å²) in [6.45, 7) is 4.88. The number of halogens is 1. The van der Waals surface area contributed by atoms with E-state index in [9.17, 15) is 14.3 Å². The van der Waals surface area contributed by atoms with Crippen LogP contribution >= 0.6 is 0 Å². The number of unbranched alkanes of at least 4 members (excludes halogenated alkanes) is 1. The van der Waals surface area contributed by atoms with Gasteiger partial charge in [0.1, 0.15) is 11.9 Å². The molecular formula is C18H25FN2O3. The molecule has 24 heavy (non-hydrogen) atoms. The molecule has 0 saturated heterocycles. The summed E-state index contributed by atoms with van der Waals surface area (Å²) in [4.78, 5) is 14.1. The summed E-state index contributed by atoms with van der Waals surface area (Å²) in [5, 5.41) is 13.3. The highest BCUT2D eigenvalue weighted by Gasteiger charge is 2.31. The van der Waals surface area contributed by atoms with Gasteiger partial charge in [0.05, 0.1) is 11.3 Å². The number of amides is 1. The van der Waals surface area contributed by atoms with Crippen LogP contribution in [0.5, 0.6) is 0 Å². The Labute approximate surface area is 142 Å². The molecule has 0 aliphatic carbocycles. The number of aliphatic hydroxyl groups is 1. The molecule has 0 radical (unpaired) electrons. The molecule has 1 aliphatic rings. The lowest BCUT2D eigenvalue weighted by molar-refractivity contribution is -0.119. The quantitative estimate of drug-likeness (QED) is 0.751. The number of methoxy groups -OCH3 is 1. The van der Waals surface area contributed by atoms with Gasteiger partial charge in [0.25, 0.3) is 5.91 Å². The number of hydrogen-bond acceptors (Lipinski definition) is 4. The van der Waals surface area contributed by atoms with E-state index in [1.807, 2.05) is 13.8 Å². The summed E-state index contributed by atoms with van der Waals surface area (Å²) in [6.07, 6.45) is 2.04. The van der Waals surface area contributed by atoms with Crippen molar-refractivity contribution in [3.63, 3.8) is 0 Å². The zero-order chi connectivity index (χ0) is 17.7. The van der Waals surface area contributed by atoms with Gasteiger partial charge in [-0.2, -0.15) is 0 Å². The number of carbonyl (C=O) groups is 1. The summed E-state index contributed by atoms with van der Waals surface area (Å²) in [6, 6.07) is 4.51. The number of anilines is 1. The molecule has 0 bridgehead atoms. The van der Waals surface area contributed by atoms with Crippen LogP contribution in [0.4, 0.5) is 10.1 Å². The summed E-state index contributed by atoms with van der Waals surface area (Å²) in [7, 11) is 1.64. The molecule has 0 spiro atoms. The highest BCUT2D eigenvalue weighted by Crippen LogP contribution is 2.38. The zero-order valence-corrected chi connectivity index (χ0v) is 14.4. The van der Waals surface area contributed by atoms with Crippen molar-refractivity contribution in [2.24, 2.45) is 0 Å². The summed E-state index contributed by atoms with van der Waals surface area (Å²) >= 11 is 0. The largest absolute Gasteiger partial charge is 0.385 e. The van der Waals surface area contributed by atoms with Crippen LogP contribution in [0.3, 0.4) is 0 Å². The lowest BCUT2D eigenvalue weighted by Gasteiger charge is -2.32. The molecule has 5 nitrogen and oxygen atoms in total. The minimum Gasteiger partial charge on any atom is -0.385 e. The average Bonchev–Trinajstić information content (AvgIpc) is 2.53. The van der Waals surface area contributed by atoms with Crippen LogP contribution in [-0.4, -0.2) is 37.3 Å². The molecule has 0 fully saturated rings. The number of nitrogens with one attached hydrogen (secondary N) is 1. The van der Waals surface area contributed by atoms with Crippen LogP contribution in [0.2, 0.25) is 0 Å². The van der Waals surface area contributed by atoms with Crippen LogP contribution in [0, 0.1) is 5.82 Å². The first-order valence-electron chi connectivity index (χ1n) is 8.20. The van der Waals surface area contributed by atoms with E-state index in [0.29, 0.717) is 24.4 Å². The molecule has 1 aromatic rings. The number of rotatable bonds is 7. The van der Waals surface area contributed by atoms with E-state index in [-0.39, 0.29) is 17.5 Å². The van der Waals surface area contributed by atoms with Gasteiger partial charge in [0, 0.05) is 38.1 Å². The first-order valence-corrected chi connectivity index (χ1v) is 8.20. The summed E-state index contributed by atoms with van der Waals surface area (Å²) in [5.74, 6) is -0.743. The van der Waals surface area contributed by atoms with Crippen LogP contribution < -0.4 is 10.2 Å². The van der Waals surface area contributed by atoms with Crippen molar-refractivity contribution >= 4 is 11.6 Å². The third kappa shape index (κ3) is 4.13. The molecule has 1 atom stereocenters. The van der Waals surface area contributed by atoms with Crippen molar-refractivity contribution in [1.29, 1.82) is 0 Å². The number of carbonyl (C=O) groups excluding carboxylic acids is 1. The van der Waals surface area contributed by atoms with Crippen LogP contribution in [0.25, 0.3) is 0 Å². The number of nitrogens with zero attached hydrogens (tertiary/aromatic N) is 1. The van der Waals surface area contributed by atoms with Crippen molar-refractivity contribution in [1.82, 2.24) is 5.32 Å². The van der Waals surface area contributed by atoms with Crippen molar-refractivity contribution in [3.05, 3.63) is 41.4 Å². The van der Waals surface area contributed by atoms with E-state index in [2.05, 4.69) is 5.32 Å².